The van der Waals surface area contributed by atoms with Crippen LogP contribution in [-0.2, 0) is 0 Å². The van der Waals surface area contributed by atoms with E-state index in [1.165, 1.54) is 6.54 Å². The summed E-state index contributed by atoms with van der Waals surface area (Å²) in [6, 6.07) is 0. The number of hydrogen-bond acceptors (Lipinski definition) is 4. The Morgan fingerprint density at radius 2 is 1.94 bits per heavy atom. The summed E-state index contributed by atoms with van der Waals surface area (Å²) in [6.07, 6.45) is 5.33. The lowest BCUT2D eigenvalue weighted by atomic mass is 10.2. The van der Waals surface area contributed by atoms with E-state index in [0.29, 0.717) is 0 Å². The molecule has 0 unspecified atom stereocenters. The van der Waals surface area contributed by atoms with Crippen molar-refractivity contribution in [2.75, 3.05) is 37.6 Å². The lowest BCUT2D eigenvalue weighted by molar-refractivity contribution is 0.231. The topological polar surface area (TPSA) is 32.3 Å². The monoisotopic (exact) mass is 220 g/mol. The van der Waals surface area contributed by atoms with Gasteiger partial charge >= 0.3 is 0 Å². The molecular formula is C12H20N4. The van der Waals surface area contributed by atoms with Crippen LogP contribution in [-0.4, -0.2) is 47.6 Å². The van der Waals surface area contributed by atoms with Gasteiger partial charge in [-0.3, -0.25) is 9.88 Å². The maximum atomic E-state index is 4.33. The first kappa shape index (κ1) is 11.3. The van der Waals surface area contributed by atoms with Crippen LogP contribution in [0.15, 0.2) is 18.6 Å². The molecule has 1 aliphatic rings. The molecule has 16 heavy (non-hydrogen) atoms. The third-order valence-corrected chi connectivity index (χ3v) is 2.87. The van der Waals surface area contributed by atoms with Gasteiger partial charge in [0, 0.05) is 45.1 Å². The molecule has 0 aromatic carbocycles. The fourth-order valence-corrected chi connectivity index (χ4v) is 2.13. The lowest BCUT2D eigenvalue weighted by Crippen LogP contribution is -2.47. The van der Waals surface area contributed by atoms with E-state index in [4.69, 9.17) is 0 Å². The Kier molecular flexibility index (Phi) is 3.72. The Hall–Kier alpha value is -1.16. The van der Waals surface area contributed by atoms with Gasteiger partial charge in [0.05, 0.1) is 6.20 Å². The van der Waals surface area contributed by atoms with Crippen LogP contribution in [0.1, 0.15) is 13.8 Å². The van der Waals surface area contributed by atoms with Crippen LogP contribution in [0.25, 0.3) is 0 Å². The van der Waals surface area contributed by atoms with Gasteiger partial charge in [-0.1, -0.05) is 13.8 Å². The molecule has 0 bridgehead atoms. The summed E-state index contributed by atoms with van der Waals surface area (Å²) < 4.78 is 0. The van der Waals surface area contributed by atoms with Crippen molar-refractivity contribution in [3.63, 3.8) is 0 Å². The third-order valence-electron chi connectivity index (χ3n) is 2.87. The number of anilines is 1. The van der Waals surface area contributed by atoms with Crippen LogP contribution < -0.4 is 4.90 Å². The van der Waals surface area contributed by atoms with Gasteiger partial charge in [-0.05, 0) is 5.92 Å². The molecule has 1 fully saturated rings. The predicted molar refractivity (Wildman–Crippen MR) is 65.5 cm³/mol. The van der Waals surface area contributed by atoms with Crippen LogP contribution in [0.3, 0.4) is 0 Å². The molecule has 1 aliphatic heterocycles. The Labute approximate surface area is 97.3 Å². The van der Waals surface area contributed by atoms with Gasteiger partial charge in [-0.2, -0.15) is 0 Å². The summed E-state index contributed by atoms with van der Waals surface area (Å²) in [5, 5.41) is 0. The zero-order valence-corrected chi connectivity index (χ0v) is 10.1. The second-order valence-electron chi connectivity index (χ2n) is 4.75. The van der Waals surface area contributed by atoms with Crippen molar-refractivity contribution >= 4 is 5.82 Å². The van der Waals surface area contributed by atoms with Gasteiger partial charge in [0.15, 0.2) is 0 Å². The van der Waals surface area contributed by atoms with Crippen molar-refractivity contribution in [2.24, 2.45) is 5.92 Å². The van der Waals surface area contributed by atoms with Crippen LogP contribution in [0.4, 0.5) is 5.82 Å². The minimum atomic E-state index is 0.753. The molecule has 0 atom stereocenters. The summed E-state index contributed by atoms with van der Waals surface area (Å²) in [6.45, 7) is 10.1. The summed E-state index contributed by atoms with van der Waals surface area (Å²) in [5.74, 6) is 1.76. The highest BCUT2D eigenvalue weighted by Crippen LogP contribution is 2.12. The van der Waals surface area contributed by atoms with Crippen molar-refractivity contribution in [2.45, 2.75) is 13.8 Å². The molecule has 0 radical (unpaired) electrons. The van der Waals surface area contributed by atoms with Gasteiger partial charge in [0.2, 0.25) is 0 Å². The van der Waals surface area contributed by atoms with E-state index in [9.17, 15) is 0 Å². The smallest absolute Gasteiger partial charge is 0.147 e. The molecule has 4 nitrogen and oxygen atoms in total. The Morgan fingerprint density at radius 3 is 2.50 bits per heavy atom. The fraction of sp³-hybridized carbons (Fsp3) is 0.667. The maximum Gasteiger partial charge on any atom is 0.147 e. The number of rotatable bonds is 3. The fourth-order valence-electron chi connectivity index (χ4n) is 2.13. The molecule has 1 aromatic heterocycles. The average Bonchev–Trinajstić information content (AvgIpc) is 2.30. The summed E-state index contributed by atoms with van der Waals surface area (Å²) in [7, 11) is 0. The predicted octanol–water partition coefficient (Wildman–Crippen LogP) is 1.25. The van der Waals surface area contributed by atoms with E-state index in [1.54, 1.807) is 12.4 Å². The number of hydrogen-bond donors (Lipinski definition) is 0. The zero-order valence-electron chi connectivity index (χ0n) is 10.1. The number of aromatic nitrogens is 2. The minimum absolute atomic E-state index is 0.753. The molecule has 0 aliphatic carbocycles. The molecule has 1 saturated heterocycles. The van der Waals surface area contributed by atoms with E-state index < -0.39 is 0 Å². The van der Waals surface area contributed by atoms with Crippen molar-refractivity contribution in [3.8, 4) is 0 Å². The molecule has 0 saturated carbocycles. The highest BCUT2D eigenvalue weighted by atomic mass is 15.3. The molecule has 1 aromatic rings. The first-order valence-electron chi connectivity index (χ1n) is 5.99. The molecule has 2 rings (SSSR count). The summed E-state index contributed by atoms with van der Waals surface area (Å²) in [4.78, 5) is 13.3. The normalized spacial score (nSPS) is 18.1. The van der Waals surface area contributed by atoms with Crippen molar-refractivity contribution in [1.82, 2.24) is 14.9 Å². The van der Waals surface area contributed by atoms with Crippen LogP contribution in [0.2, 0.25) is 0 Å². The summed E-state index contributed by atoms with van der Waals surface area (Å²) >= 11 is 0. The molecule has 2 heterocycles. The standard InChI is InChI=1S/C12H20N4/c1-11(2)10-15-5-7-16(8-6-15)12-9-13-3-4-14-12/h3-4,9,11H,5-8,10H2,1-2H3. The Bertz CT molecular complexity index is 304. The van der Waals surface area contributed by atoms with Crippen LogP contribution in [0, 0.1) is 5.92 Å². The average molecular weight is 220 g/mol. The molecule has 88 valence electrons. The molecule has 0 amide bonds. The van der Waals surface area contributed by atoms with Gasteiger partial charge in [-0.25, -0.2) is 4.98 Å². The Balaban J connectivity index is 1.86. The highest BCUT2D eigenvalue weighted by molar-refractivity contribution is 5.35. The first-order chi connectivity index (χ1) is 7.75. The first-order valence-corrected chi connectivity index (χ1v) is 5.99. The quantitative estimate of drug-likeness (QED) is 0.767. The second-order valence-corrected chi connectivity index (χ2v) is 4.75. The van der Waals surface area contributed by atoms with Gasteiger partial charge in [0.25, 0.3) is 0 Å². The third kappa shape index (κ3) is 2.92. The molecular weight excluding hydrogens is 200 g/mol. The van der Waals surface area contributed by atoms with Crippen molar-refractivity contribution in [3.05, 3.63) is 18.6 Å². The van der Waals surface area contributed by atoms with Gasteiger partial charge in [0.1, 0.15) is 5.82 Å². The second kappa shape index (κ2) is 5.25. The van der Waals surface area contributed by atoms with Crippen molar-refractivity contribution < 1.29 is 0 Å². The van der Waals surface area contributed by atoms with E-state index in [1.807, 2.05) is 6.20 Å². The van der Waals surface area contributed by atoms with Gasteiger partial charge in [-0.15, -0.1) is 0 Å². The molecule has 4 heteroatoms. The van der Waals surface area contributed by atoms with E-state index >= 15 is 0 Å². The maximum absolute atomic E-state index is 4.33. The van der Waals surface area contributed by atoms with E-state index in [0.717, 1.165) is 37.9 Å². The Morgan fingerprint density at radius 1 is 1.19 bits per heavy atom. The summed E-state index contributed by atoms with van der Waals surface area (Å²) in [5.41, 5.74) is 0. The van der Waals surface area contributed by atoms with Gasteiger partial charge < -0.3 is 4.90 Å². The molecule has 0 spiro atoms. The lowest BCUT2D eigenvalue weighted by Gasteiger charge is -2.35. The highest BCUT2D eigenvalue weighted by Gasteiger charge is 2.18. The number of nitrogens with zero attached hydrogens (tertiary/aromatic N) is 4. The van der Waals surface area contributed by atoms with E-state index in [-0.39, 0.29) is 0 Å². The van der Waals surface area contributed by atoms with E-state index in [2.05, 4.69) is 33.6 Å². The number of piperazine rings is 1. The van der Waals surface area contributed by atoms with Crippen molar-refractivity contribution in [1.29, 1.82) is 0 Å². The SMILES string of the molecule is CC(C)CN1CCN(c2cnccn2)CC1. The largest absolute Gasteiger partial charge is 0.353 e. The van der Waals surface area contributed by atoms with Crippen LogP contribution in [0.5, 0.6) is 0 Å². The van der Waals surface area contributed by atoms with Crippen LogP contribution >= 0.6 is 0 Å². The minimum Gasteiger partial charge on any atom is -0.353 e. The zero-order chi connectivity index (χ0) is 11.4. The molecule has 0 N–H and O–H groups in total.